The summed E-state index contributed by atoms with van der Waals surface area (Å²) in [5, 5.41) is 128. The van der Waals surface area contributed by atoms with Gasteiger partial charge in [-0.3, -0.25) is 24.0 Å². The lowest BCUT2D eigenvalue weighted by Gasteiger charge is -2.41. The number of halogens is 5. The molecule has 1 aromatic carbocycles. The van der Waals surface area contributed by atoms with Crippen LogP contribution < -0.4 is 26.0 Å². The Bertz CT molecular complexity index is 3430. The third-order valence-corrected chi connectivity index (χ3v) is 20.3. The smallest absolute Gasteiger partial charge is 0.311 e. The van der Waals surface area contributed by atoms with Crippen LogP contribution in [0.3, 0.4) is 0 Å². The van der Waals surface area contributed by atoms with Gasteiger partial charge in [0, 0.05) is 78.6 Å². The molecule has 704 valence electrons. The summed E-state index contributed by atoms with van der Waals surface area (Å²) in [7, 11) is 4.04. The lowest BCUT2D eigenvalue weighted by atomic mass is 9.82. The minimum atomic E-state index is -2.38. The standard InChI is InChI=1S/C76H120F5N13O30/c1-109-73-63(69(106)66(103)50(41-95)121-73)92-38-47(86-89-92)44-118-35-32-115-29-26-112-23-20-82-53(98)14-17-76(85-56(101)12-10-8-6-4-5-7-9-11-13-57(102)124-72-61(80)59(78)58(77)60(79)62(72)81,18-15-54(99)83-21-24-113-27-30-116-33-36-119-45-48-39-93(90-87-48)64-70(107)67(104)51(42-96)122-74(64)110-2)19-16-55(100)84-22-25-114-28-31-117-34-37-120-46-49-40-94(91-88-49)65-71(108)68(105)52(43-97)123-75(65)111-3/h38-40,50-52,63-71,73-75,95-97,103-108H,4-37,41-46H2,1-3H3,(H,82,98)(H,83,99)(H,84,100)(H,85,101)/t50-,51-,52-,63-,64-,65-,66+,67+,68+,69-,70-,71-,73-,74-,75-/m1/s1. The quantitative estimate of drug-likeness (QED) is 0.00575. The first-order valence-corrected chi connectivity index (χ1v) is 41.1. The highest BCUT2D eigenvalue weighted by atomic mass is 19.2. The molecule has 6 heterocycles. The van der Waals surface area contributed by atoms with E-state index in [1.54, 1.807) is 0 Å². The Balaban J connectivity index is 0.863. The van der Waals surface area contributed by atoms with Gasteiger partial charge in [-0.1, -0.05) is 54.2 Å². The highest BCUT2D eigenvalue weighted by Gasteiger charge is 2.49. The summed E-state index contributed by atoms with van der Waals surface area (Å²) in [6.07, 6.45) is -6.49. The average Bonchev–Trinajstić information content (AvgIpc) is 1.31. The van der Waals surface area contributed by atoms with Gasteiger partial charge in [-0.15, -0.1) is 15.3 Å². The molecule has 3 saturated heterocycles. The van der Waals surface area contributed by atoms with E-state index in [1.165, 1.54) is 54.0 Å². The first-order chi connectivity index (χ1) is 59.9. The number of aliphatic hydroxyl groups is 9. The minimum Gasteiger partial charge on any atom is -0.420 e. The van der Waals surface area contributed by atoms with E-state index in [0.717, 1.165) is 6.42 Å². The van der Waals surface area contributed by atoms with E-state index < -0.39 is 182 Å². The molecule has 7 rings (SSSR count). The van der Waals surface area contributed by atoms with Crippen molar-refractivity contribution in [3.63, 3.8) is 0 Å². The molecule has 3 aliphatic heterocycles. The van der Waals surface area contributed by atoms with Gasteiger partial charge >= 0.3 is 5.97 Å². The molecule has 0 unspecified atom stereocenters. The molecule has 4 aromatic rings. The number of unbranched alkanes of at least 4 members (excludes halogenated alkanes) is 7. The third-order valence-electron chi connectivity index (χ3n) is 20.3. The van der Waals surface area contributed by atoms with Gasteiger partial charge in [-0.25, -0.2) is 27.2 Å². The summed E-state index contributed by atoms with van der Waals surface area (Å²) in [6.45, 7) is 1.05. The van der Waals surface area contributed by atoms with Gasteiger partial charge in [-0.2, -0.15) is 8.78 Å². The number of hydrogen-bond acceptors (Lipinski definition) is 36. The first-order valence-electron chi connectivity index (χ1n) is 41.1. The van der Waals surface area contributed by atoms with Crippen molar-refractivity contribution in [3.05, 3.63) is 64.8 Å². The predicted molar refractivity (Wildman–Crippen MR) is 411 cm³/mol. The number of rotatable bonds is 64. The molecule has 48 heteroatoms. The van der Waals surface area contributed by atoms with Gasteiger partial charge in [-0.05, 0) is 32.1 Å². The number of nitrogens with zero attached hydrogens (tertiary/aromatic N) is 9. The van der Waals surface area contributed by atoms with Crippen LogP contribution in [0.5, 0.6) is 5.75 Å². The van der Waals surface area contributed by atoms with Crippen molar-refractivity contribution in [1.29, 1.82) is 0 Å². The topological polar surface area (TPSA) is 555 Å². The molecular weight excluding hydrogens is 1670 g/mol. The van der Waals surface area contributed by atoms with E-state index in [1.807, 2.05) is 0 Å². The van der Waals surface area contributed by atoms with Gasteiger partial charge in [0.05, 0.1) is 157 Å². The summed E-state index contributed by atoms with van der Waals surface area (Å²) in [4.78, 5) is 67.3. The Morgan fingerprint density at radius 3 is 0.968 bits per heavy atom. The zero-order chi connectivity index (χ0) is 89.8. The zero-order valence-electron chi connectivity index (χ0n) is 69.7. The van der Waals surface area contributed by atoms with Crippen molar-refractivity contribution in [1.82, 2.24) is 66.2 Å². The average molecular weight is 1790 g/mol. The second-order valence-electron chi connectivity index (χ2n) is 29.3. The molecule has 15 atom stereocenters. The van der Waals surface area contributed by atoms with Crippen molar-refractivity contribution < 1.29 is 168 Å². The van der Waals surface area contributed by atoms with Gasteiger partial charge in [0.25, 0.3) is 0 Å². The number of carbonyl (C=O) groups is 5. The Morgan fingerprint density at radius 2 is 0.661 bits per heavy atom. The Kier molecular flexibility index (Phi) is 47.5. The molecule has 3 aromatic heterocycles. The highest BCUT2D eigenvalue weighted by Crippen LogP contribution is 2.35. The second kappa shape index (κ2) is 56.8. The van der Waals surface area contributed by atoms with Crippen molar-refractivity contribution in [2.75, 3.05) is 160 Å². The normalized spacial score (nSPS) is 22.9. The number of aliphatic hydroxyl groups excluding tert-OH is 9. The number of aromatic nitrogens is 9. The molecule has 0 aliphatic carbocycles. The predicted octanol–water partition coefficient (Wildman–Crippen LogP) is -1.86. The number of hydrogen-bond donors (Lipinski definition) is 13. The number of esters is 1. The number of nitrogens with one attached hydrogen (secondary N) is 4. The van der Waals surface area contributed by atoms with Crippen LogP contribution in [0.15, 0.2) is 18.6 Å². The Labute approximate surface area is 711 Å². The fraction of sp³-hybridized carbons (Fsp3) is 0.776. The summed E-state index contributed by atoms with van der Waals surface area (Å²) in [5.74, 6) is -15.9. The van der Waals surface area contributed by atoms with Crippen molar-refractivity contribution in [2.45, 2.75) is 220 Å². The molecule has 0 spiro atoms. The van der Waals surface area contributed by atoms with Crippen LogP contribution in [0.4, 0.5) is 22.0 Å². The maximum absolute atomic E-state index is 14.1. The molecule has 3 fully saturated rings. The molecule has 3 aliphatic rings. The van der Waals surface area contributed by atoms with E-state index in [0.29, 0.717) is 55.6 Å². The SMILES string of the molecule is CO[C@@H]1O[C@H](CO)[C@H](O)[C@H](O)[C@H]1n1cc(COCCOCCOCCNC(=O)CCC(CCC(=O)NCCOCCOCCOCc2cn([C@H]3[C@H](OC)O[C@H](CO)[C@H](O)[C@@H]3O)nn2)(CCC(=O)NCCOCCOCCOCc2cn([C@H]3[C@H](OC)O[C@H](CO)[C@H](O)[C@@H]3O)nn2)NC(=O)CCCCCCCCCCC(=O)Oc2c(F)c(F)c(F)c(F)c2F)nn1. The number of ether oxygens (including phenoxy) is 16. The summed E-state index contributed by atoms with van der Waals surface area (Å²) < 4.78 is 161. The van der Waals surface area contributed by atoms with Gasteiger partial charge in [0.15, 0.2) is 18.9 Å². The van der Waals surface area contributed by atoms with Crippen LogP contribution in [0, 0.1) is 29.1 Å². The monoisotopic (exact) mass is 1790 g/mol. The van der Waals surface area contributed by atoms with E-state index in [2.05, 4.69) is 56.9 Å². The van der Waals surface area contributed by atoms with Gasteiger partial charge < -0.3 is 143 Å². The Hall–Kier alpha value is -7.32. The highest BCUT2D eigenvalue weighted by molar-refractivity contribution is 5.80. The lowest BCUT2D eigenvalue weighted by Crippen LogP contribution is -2.56. The molecular formula is C76H120F5N13O30. The van der Waals surface area contributed by atoms with Gasteiger partial charge in [0.2, 0.25) is 58.5 Å². The third kappa shape index (κ3) is 33.7. The van der Waals surface area contributed by atoms with E-state index in [4.69, 9.17) is 71.1 Å². The zero-order valence-corrected chi connectivity index (χ0v) is 69.7. The van der Waals surface area contributed by atoms with Crippen LogP contribution in [0.2, 0.25) is 0 Å². The first kappa shape index (κ1) is 104. The molecule has 0 radical (unpaired) electrons. The number of amides is 4. The lowest BCUT2D eigenvalue weighted by molar-refractivity contribution is -0.274. The Morgan fingerprint density at radius 1 is 0.379 bits per heavy atom. The van der Waals surface area contributed by atoms with Crippen molar-refractivity contribution in [2.24, 2.45) is 0 Å². The van der Waals surface area contributed by atoms with Gasteiger partial charge in [0.1, 0.15) is 90.1 Å². The maximum Gasteiger partial charge on any atom is 0.311 e. The fourth-order valence-corrected chi connectivity index (χ4v) is 13.5. The second-order valence-corrected chi connectivity index (χ2v) is 29.3. The maximum atomic E-state index is 14.1. The van der Waals surface area contributed by atoms with E-state index >= 15 is 0 Å². The van der Waals surface area contributed by atoms with Crippen LogP contribution >= 0.6 is 0 Å². The van der Waals surface area contributed by atoms with Crippen LogP contribution in [-0.2, 0) is 115 Å². The number of methoxy groups -OCH3 is 3. The van der Waals surface area contributed by atoms with Crippen LogP contribution in [-0.4, -0.2) is 360 Å². The molecule has 4 amide bonds. The summed E-state index contributed by atoms with van der Waals surface area (Å²) in [5.41, 5.74) is -0.0910. The van der Waals surface area contributed by atoms with Crippen LogP contribution in [0.1, 0.15) is 138 Å². The minimum absolute atomic E-state index is 0.00574. The molecule has 13 N–H and O–H groups in total. The number of carbonyl (C=O) groups excluding carboxylic acids is 5. The van der Waals surface area contributed by atoms with Crippen molar-refractivity contribution in [3.8, 4) is 5.75 Å². The molecule has 124 heavy (non-hydrogen) atoms. The summed E-state index contributed by atoms with van der Waals surface area (Å²) in [6, 6.07) is -2.89. The fourth-order valence-electron chi connectivity index (χ4n) is 13.5. The van der Waals surface area contributed by atoms with E-state index in [9.17, 15) is 91.9 Å². The molecule has 43 nitrogen and oxygen atoms in total. The number of benzene rings is 1. The largest absolute Gasteiger partial charge is 0.420 e. The summed E-state index contributed by atoms with van der Waals surface area (Å²) >= 11 is 0. The van der Waals surface area contributed by atoms with Crippen molar-refractivity contribution >= 4 is 29.6 Å². The molecule has 0 bridgehead atoms. The molecule has 0 saturated carbocycles. The van der Waals surface area contributed by atoms with E-state index in [-0.39, 0.29) is 196 Å². The van der Waals surface area contributed by atoms with Crippen LogP contribution in [0.25, 0.3) is 0 Å².